The summed E-state index contributed by atoms with van der Waals surface area (Å²) in [5.41, 5.74) is 3.64. The molecule has 1 saturated carbocycles. The van der Waals surface area contributed by atoms with Crippen molar-refractivity contribution in [2.24, 2.45) is 5.92 Å². The second-order valence-corrected chi connectivity index (χ2v) is 6.29. The fraction of sp³-hybridized carbons (Fsp3) is 0.444. The van der Waals surface area contributed by atoms with Crippen LogP contribution in [0.5, 0.6) is 0 Å². The second-order valence-electron chi connectivity index (χ2n) is 6.29. The van der Waals surface area contributed by atoms with E-state index in [9.17, 15) is 4.79 Å². The Morgan fingerprint density at radius 1 is 1.32 bits per heavy atom. The van der Waals surface area contributed by atoms with Crippen molar-refractivity contribution in [3.63, 3.8) is 0 Å². The van der Waals surface area contributed by atoms with E-state index in [2.05, 4.69) is 29.5 Å². The topological polar surface area (TPSA) is 46.9 Å². The lowest BCUT2D eigenvalue weighted by atomic mass is 10.1. The van der Waals surface area contributed by atoms with Crippen LogP contribution in [0.15, 0.2) is 30.3 Å². The van der Waals surface area contributed by atoms with Gasteiger partial charge in [0.15, 0.2) is 0 Å². The molecule has 0 aliphatic heterocycles. The third-order valence-electron chi connectivity index (χ3n) is 4.47. The average molecular weight is 297 g/mol. The predicted molar refractivity (Wildman–Crippen MR) is 86.9 cm³/mol. The number of carbonyl (C=O) groups excluding carboxylic acids is 1. The summed E-state index contributed by atoms with van der Waals surface area (Å²) < 4.78 is 1.92. The molecule has 2 aromatic rings. The van der Waals surface area contributed by atoms with Gasteiger partial charge in [0.1, 0.15) is 0 Å². The number of carbonyl (C=O) groups is 1. The summed E-state index contributed by atoms with van der Waals surface area (Å²) in [6.45, 7) is 6.67. The van der Waals surface area contributed by atoms with Crippen molar-refractivity contribution in [3.8, 4) is 0 Å². The molecular weight excluding hydrogens is 274 g/mol. The molecule has 4 nitrogen and oxygen atoms in total. The van der Waals surface area contributed by atoms with Crippen molar-refractivity contribution in [1.29, 1.82) is 0 Å². The van der Waals surface area contributed by atoms with E-state index in [4.69, 9.17) is 0 Å². The van der Waals surface area contributed by atoms with Crippen LogP contribution in [0.3, 0.4) is 0 Å². The maximum Gasteiger partial charge on any atom is 0.255 e. The van der Waals surface area contributed by atoms with E-state index in [1.54, 1.807) is 0 Å². The number of nitrogens with zero attached hydrogens (tertiary/aromatic N) is 2. The summed E-state index contributed by atoms with van der Waals surface area (Å²) in [6, 6.07) is 10.4. The third kappa shape index (κ3) is 3.06. The van der Waals surface area contributed by atoms with Gasteiger partial charge in [0.05, 0.1) is 17.8 Å². The Labute approximate surface area is 131 Å². The molecule has 1 aromatic heterocycles. The maximum atomic E-state index is 12.5. The van der Waals surface area contributed by atoms with E-state index in [-0.39, 0.29) is 11.9 Å². The smallest absolute Gasteiger partial charge is 0.255 e. The molecule has 1 aliphatic rings. The van der Waals surface area contributed by atoms with Gasteiger partial charge in [-0.1, -0.05) is 30.3 Å². The highest BCUT2D eigenvalue weighted by Gasteiger charge is 2.30. The van der Waals surface area contributed by atoms with Crippen molar-refractivity contribution in [2.75, 3.05) is 0 Å². The molecule has 0 unspecified atom stereocenters. The molecule has 116 valence electrons. The van der Waals surface area contributed by atoms with Gasteiger partial charge in [0.25, 0.3) is 5.91 Å². The molecule has 0 radical (unpaired) electrons. The molecule has 1 aliphatic carbocycles. The number of hydrogen-bond donors (Lipinski definition) is 1. The molecule has 1 heterocycles. The fourth-order valence-corrected chi connectivity index (χ4v) is 2.93. The SMILES string of the molecule is Cc1nn(Cc2ccccc2)c(C)c1C(=O)N[C@@H](C)C1CC1. The summed E-state index contributed by atoms with van der Waals surface area (Å²) in [4.78, 5) is 12.5. The monoisotopic (exact) mass is 297 g/mol. The first kappa shape index (κ1) is 14.8. The van der Waals surface area contributed by atoms with Crippen LogP contribution in [-0.2, 0) is 6.54 Å². The summed E-state index contributed by atoms with van der Waals surface area (Å²) in [7, 11) is 0. The zero-order valence-electron chi connectivity index (χ0n) is 13.5. The van der Waals surface area contributed by atoms with Crippen molar-refractivity contribution in [2.45, 2.75) is 46.2 Å². The number of aryl methyl sites for hydroxylation is 1. The minimum atomic E-state index is 0.00807. The molecule has 1 aromatic carbocycles. The maximum absolute atomic E-state index is 12.5. The molecule has 0 spiro atoms. The predicted octanol–water partition coefficient (Wildman–Crippen LogP) is 3.08. The fourth-order valence-electron chi connectivity index (χ4n) is 2.93. The highest BCUT2D eigenvalue weighted by Crippen LogP contribution is 2.32. The molecule has 0 saturated heterocycles. The lowest BCUT2D eigenvalue weighted by Crippen LogP contribution is -2.34. The van der Waals surface area contributed by atoms with Gasteiger partial charge >= 0.3 is 0 Å². The van der Waals surface area contributed by atoms with Gasteiger partial charge in [-0.05, 0) is 45.1 Å². The van der Waals surface area contributed by atoms with Crippen molar-refractivity contribution in [1.82, 2.24) is 15.1 Å². The number of rotatable bonds is 5. The van der Waals surface area contributed by atoms with Crippen molar-refractivity contribution >= 4 is 5.91 Å². The van der Waals surface area contributed by atoms with Crippen LogP contribution in [0.4, 0.5) is 0 Å². The van der Waals surface area contributed by atoms with Crippen LogP contribution in [0.25, 0.3) is 0 Å². The normalized spacial score (nSPS) is 15.6. The van der Waals surface area contributed by atoms with E-state index in [0.717, 1.165) is 17.0 Å². The van der Waals surface area contributed by atoms with Gasteiger partial charge in [-0.2, -0.15) is 5.10 Å². The molecule has 22 heavy (non-hydrogen) atoms. The first-order valence-corrected chi connectivity index (χ1v) is 7.95. The lowest BCUT2D eigenvalue weighted by molar-refractivity contribution is 0.0934. The van der Waals surface area contributed by atoms with Gasteiger partial charge in [-0.15, -0.1) is 0 Å². The Morgan fingerprint density at radius 3 is 2.64 bits per heavy atom. The Bertz CT molecular complexity index is 671. The first-order valence-electron chi connectivity index (χ1n) is 7.95. The van der Waals surface area contributed by atoms with Crippen LogP contribution in [0, 0.1) is 19.8 Å². The molecular formula is C18H23N3O. The number of nitrogens with one attached hydrogen (secondary N) is 1. The second kappa shape index (κ2) is 5.95. The summed E-state index contributed by atoms with van der Waals surface area (Å²) in [5.74, 6) is 0.664. The third-order valence-corrected chi connectivity index (χ3v) is 4.47. The Morgan fingerprint density at radius 2 is 2.00 bits per heavy atom. The lowest BCUT2D eigenvalue weighted by Gasteiger charge is -2.13. The van der Waals surface area contributed by atoms with Crippen LogP contribution >= 0.6 is 0 Å². The quantitative estimate of drug-likeness (QED) is 0.922. The average Bonchev–Trinajstić information content (AvgIpc) is 3.28. The zero-order valence-corrected chi connectivity index (χ0v) is 13.5. The zero-order chi connectivity index (χ0) is 15.7. The van der Waals surface area contributed by atoms with E-state index < -0.39 is 0 Å². The molecule has 3 rings (SSSR count). The first-order chi connectivity index (χ1) is 10.6. The van der Waals surface area contributed by atoms with Crippen molar-refractivity contribution < 1.29 is 4.79 Å². The van der Waals surface area contributed by atoms with Gasteiger partial charge in [-0.3, -0.25) is 9.48 Å². The summed E-state index contributed by atoms with van der Waals surface area (Å²) in [6.07, 6.45) is 2.46. The number of amides is 1. The summed E-state index contributed by atoms with van der Waals surface area (Å²) in [5, 5.41) is 7.67. The molecule has 1 fully saturated rings. The standard InChI is InChI=1S/C18H23N3O/c1-12(16-9-10-16)19-18(22)17-13(2)20-21(14(17)3)11-15-7-5-4-6-8-15/h4-8,12,16H,9-11H2,1-3H3,(H,19,22)/t12-/m0/s1. The van der Waals surface area contributed by atoms with Gasteiger partial charge < -0.3 is 5.32 Å². The molecule has 0 bridgehead atoms. The largest absolute Gasteiger partial charge is 0.349 e. The molecule has 1 amide bonds. The van der Waals surface area contributed by atoms with E-state index >= 15 is 0 Å². The Hall–Kier alpha value is -2.10. The Kier molecular flexibility index (Phi) is 4.01. The number of hydrogen-bond acceptors (Lipinski definition) is 2. The number of benzene rings is 1. The van der Waals surface area contributed by atoms with Crippen molar-refractivity contribution in [3.05, 3.63) is 52.8 Å². The van der Waals surface area contributed by atoms with Gasteiger partial charge in [0, 0.05) is 11.7 Å². The van der Waals surface area contributed by atoms with E-state index in [0.29, 0.717) is 12.5 Å². The van der Waals surface area contributed by atoms with Crippen LogP contribution in [-0.4, -0.2) is 21.7 Å². The van der Waals surface area contributed by atoms with E-state index in [1.807, 2.05) is 36.7 Å². The highest BCUT2D eigenvalue weighted by atomic mass is 16.1. The molecule has 1 N–H and O–H groups in total. The van der Waals surface area contributed by atoms with Crippen LogP contribution in [0.2, 0.25) is 0 Å². The molecule has 1 atom stereocenters. The minimum absolute atomic E-state index is 0.00807. The Balaban J connectivity index is 1.78. The molecule has 4 heteroatoms. The van der Waals surface area contributed by atoms with Crippen LogP contribution < -0.4 is 5.32 Å². The van der Waals surface area contributed by atoms with Gasteiger partial charge in [-0.25, -0.2) is 0 Å². The van der Waals surface area contributed by atoms with Gasteiger partial charge in [0.2, 0.25) is 0 Å². The minimum Gasteiger partial charge on any atom is -0.349 e. The number of aromatic nitrogens is 2. The van der Waals surface area contributed by atoms with Crippen LogP contribution in [0.1, 0.15) is 47.1 Å². The highest BCUT2D eigenvalue weighted by molar-refractivity contribution is 5.96. The summed E-state index contributed by atoms with van der Waals surface area (Å²) >= 11 is 0. The van der Waals surface area contributed by atoms with E-state index in [1.165, 1.54) is 18.4 Å².